The molecule has 1 N–H and O–H groups in total. The van der Waals surface area contributed by atoms with E-state index in [9.17, 15) is 4.79 Å². The third-order valence-corrected chi connectivity index (χ3v) is 6.49. The van der Waals surface area contributed by atoms with E-state index in [1.165, 1.54) is 38.5 Å². The molecule has 0 radical (unpaired) electrons. The Hall–Kier alpha value is -1.35. The van der Waals surface area contributed by atoms with Crippen LogP contribution in [0.1, 0.15) is 55.8 Å². The van der Waals surface area contributed by atoms with Crippen LogP contribution in [0.4, 0.5) is 0 Å². The van der Waals surface area contributed by atoms with Gasteiger partial charge in [0.1, 0.15) is 0 Å². The van der Waals surface area contributed by atoms with Gasteiger partial charge in [0.25, 0.3) is 5.91 Å². The maximum atomic E-state index is 12.2. The highest BCUT2D eigenvalue weighted by Gasteiger charge is 2.52. The van der Waals surface area contributed by atoms with Gasteiger partial charge in [0, 0.05) is 21.7 Å². The smallest absolute Gasteiger partial charge is 0.267 e. The van der Waals surface area contributed by atoms with Crippen LogP contribution >= 0.6 is 11.6 Å². The number of rotatable bonds is 3. The average molecular weight is 331 g/mol. The lowest BCUT2D eigenvalue weighted by molar-refractivity contribution is -0.0128. The van der Waals surface area contributed by atoms with Gasteiger partial charge in [-0.2, -0.15) is 5.10 Å². The van der Waals surface area contributed by atoms with E-state index in [4.69, 9.17) is 11.6 Å². The first-order valence-corrected chi connectivity index (χ1v) is 9.02. The van der Waals surface area contributed by atoms with Gasteiger partial charge >= 0.3 is 0 Å². The van der Waals surface area contributed by atoms with Crippen LogP contribution < -0.4 is 5.43 Å². The molecule has 3 nitrogen and oxygen atoms in total. The summed E-state index contributed by atoms with van der Waals surface area (Å²) in [6.45, 7) is 2.11. The zero-order valence-electron chi connectivity index (χ0n) is 13.5. The first-order chi connectivity index (χ1) is 11.0. The van der Waals surface area contributed by atoms with Crippen molar-refractivity contribution in [2.45, 2.75) is 45.4 Å². The number of nitrogens with one attached hydrogen (secondary N) is 1. The molecule has 122 valence electrons. The summed E-state index contributed by atoms with van der Waals surface area (Å²) in [4.78, 5) is 12.2. The number of hydrazone groups is 1. The molecule has 0 heterocycles. The Balaban J connectivity index is 1.48. The fourth-order valence-corrected chi connectivity index (χ4v) is 5.60. The van der Waals surface area contributed by atoms with Gasteiger partial charge in [-0.1, -0.05) is 11.6 Å². The Morgan fingerprint density at radius 3 is 2.13 bits per heavy atom. The third kappa shape index (κ3) is 2.80. The molecule has 4 bridgehead atoms. The highest BCUT2D eigenvalue weighted by atomic mass is 35.5. The summed E-state index contributed by atoms with van der Waals surface area (Å²) in [6.07, 6.45) is 8.07. The maximum Gasteiger partial charge on any atom is 0.271 e. The van der Waals surface area contributed by atoms with Crippen LogP contribution in [0.15, 0.2) is 29.4 Å². The van der Waals surface area contributed by atoms with Gasteiger partial charge in [0.15, 0.2) is 0 Å². The molecule has 0 aromatic heterocycles. The van der Waals surface area contributed by atoms with Gasteiger partial charge in [0.05, 0.1) is 0 Å². The number of amides is 1. The van der Waals surface area contributed by atoms with E-state index < -0.39 is 0 Å². The van der Waals surface area contributed by atoms with Crippen molar-refractivity contribution >= 4 is 23.2 Å². The normalized spacial score (nSPS) is 35.4. The van der Waals surface area contributed by atoms with Gasteiger partial charge in [-0.25, -0.2) is 5.43 Å². The van der Waals surface area contributed by atoms with Crippen LogP contribution in [0.2, 0.25) is 5.02 Å². The summed E-state index contributed by atoms with van der Waals surface area (Å²) in [5.74, 6) is 2.50. The molecule has 1 aromatic rings. The second-order valence-corrected chi connectivity index (χ2v) is 8.28. The lowest BCUT2D eigenvalue weighted by Gasteiger charge is -2.56. The highest BCUT2D eigenvalue weighted by Crippen LogP contribution is 2.60. The molecule has 1 aromatic carbocycles. The van der Waals surface area contributed by atoms with Crippen molar-refractivity contribution in [3.63, 3.8) is 0 Å². The van der Waals surface area contributed by atoms with E-state index in [0.29, 0.717) is 10.6 Å². The molecule has 4 aliphatic carbocycles. The quantitative estimate of drug-likeness (QED) is 0.635. The van der Waals surface area contributed by atoms with Crippen molar-refractivity contribution in [1.82, 2.24) is 5.43 Å². The molecule has 1 amide bonds. The van der Waals surface area contributed by atoms with E-state index in [1.807, 2.05) is 0 Å². The first kappa shape index (κ1) is 15.2. The summed E-state index contributed by atoms with van der Waals surface area (Å²) in [5.41, 5.74) is 4.72. The molecular formula is C19H23ClN2O. The largest absolute Gasteiger partial charge is 0.271 e. The van der Waals surface area contributed by atoms with Crippen LogP contribution in [0, 0.1) is 23.2 Å². The van der Waals surface area contributed by atoms with Crippen molar-refractivity contribution in [3.8, 4) is 0 Å². The highest BCUT2D eigenvalue weighted by molar-refractivity contribution is 6.30. The summed E-state index contributed by atoms with van der Waals surface area (Å²) in [7, 11) is 0. The molecule has 4 fully saturated rings. The molecule has 0 aliphatic heterocycles. The zero-order valence-corrected chi connectivity index (χ0v) is 14.3. The van der Waals surface area contributed by atoms with Gasteiger partial charge < -0.3 is 0 Å². The molecule has 5 rings (SSSR count). The second-order valence-electron chi connectivity index (χ2n) is 7.84. The molecule has 4 aliphatic rings. The lowest BCUT2D eigenvalue weighted by atomic mass is 9.48. The molecule has 23 heavy (non-hydrogen) atoms. The number of halogens is 1. The standard InChI is InChI=1S/C19H23ClN2O/c1-12(21-22-18(23)16-2-4-17(20)5-3-16)19-9-13-6-14(10-19)8-15(7-13)11-19/h2-5,13-15H,6-11H2,1H3,(H,22,23). The number of hydrogen-bond acceptors (Lipinski definition) is 2. The maximum absolute atomic E-state index is 12.2. The predicted molar refractivity (Wildman–Crippen MR) is 92.6 cm³/mol. The Kier molecular flexibility index (Phi) is 3.72. The van der Waals surface area contributed by atoms with Gasteiger partial charge in [-0.05, 0) is 87.5 Å². The lowest BCUT2D eigenvalue weighted by Crippen LogP contribution is -2.49. The fourth-order valence-electron chi connectivity index (χ4n) is 5.47. The Labute approximate surface area is 142 Å². The van der Waals surface area contributed by atoms with Crippen LogP contribution in [0.5, 0.6) is 0 Å². The molecule has 0 atom stereocenters. The van der Waals surface area contributed by atoms with Crippen molar-refractivity contribution in [2.75, 3.05) is 0 Å². The minimum atomic E-state index is -0.161. The summed E-state index contributed by atoms with van der Waals surface area (Å²) < 4.78 is 0. The van der Waals surface area contributed by atoms with E-state index in [0.717, 1.165) is 23.5 Å². The summed E-state index contributed by atoms with van der Waals surface area (Å²) in [6, 6.07) is 6.92. The van der Waals surface area contributed by atoms with Gasteiger partial charge in [-0.15, -0.1) is 0 Å². The Morgan fingerprint density at radius 1 is 1.09 bits per heavy atom. The first-order valence-electron chi connectivity index (χ1n) is 8.65. The van der Waals surface area contributed by atoms with Crippen LogP contribution in [0.25, 0.3) is 0 Å². The molecule has 4 heteroatoms. The van der Waals surface area contributed by atoms with Crippen molar-refractivity contribution in [2.24, 2.45) is 28.3 Å². The molecule has 0 unspecified atom stereocenters. The predicted octanol–water partition coefficient (Wildman–Crippen LogP) is 4.66. The molecule has 0 saturated heterocycles. The Bertz CT molecular complexity index is 615. The summed E-state index contributed by atoms with van der Waals surface area (Å²) in [5, 5.41) is 5.13. The average Bonchev–Trinajstić information content (AvgIpc) is 2.51. The minimum Gasteiger partial charge on any atom is -0.267 e. The Morgan fingerprint density at radius 2 is 1.61 bits per heavy atom. The minimum absolute atomic E-state index is 0.161. The van der Waals surface area contributed by atoms with E-state index in [1.54, 1.807) is 24.3 Å². The van der Waals surface area contributed by atoms with E-state index in [2.05, 4.69) is 17.5 Å². The van der Waals surface area contributed by atoms with Crippen LogP contribution in [-0.2, 0) is 0 Å². The van der Waals surface area contributed by atoms with Crippen molar-refractivity contribution in [3.05, 3.63) is 34.9 Å². The molecule has 0 spiro atoms. The number of carbonyl (C=O) groups is 1. The number of benzene rings is 1. The fraction of sp³-hybridized carbons (Fsp3) is 0.579. The van der Waals surface area contributed by atoms with E-state index >= 15 is 0 Å². The topological polar surface area (TPSA) is 41.5 Å². The second kappa shape index (κ2) is 5.62. The summed E-state index contributed by atoms with van der Waals surface area (Å²) >= 11 is 5.86. The zero-order chi connectivity index (χ0) is 16.0. The van der Waals surface area contributed by atoms with Crippen molar-refractivity contribution < 1.29 is 4.79 Å². The number of carbonyl (C=O) groups excluding carboxylic acids is 1. The third-order valence-electron chi connectivity index (χ3n) is 6.24. The SMILES string of the molecule is CC(=NNC(=O)c1ccc(Cl)cc1)C12CC3CC(CC(C3)C1)C2. The molecular weight excluding hydrogens is 308 g/mol. The van der Waals surface area contributed by atoms with Crippen molar-refractivity contribution in [1.29, 1.82) is 0 Å². The molecule has 4 saturated carbocycles. The van der Waals surface area contributed by atoms with Crippen LogP contribution in [-0.4, -0.2) is 11.6 Å². The van der Waals surface area contributed by atoms with E-state index in [-0.39, 0.29) is 11.3 Å². The number of nitrogens with zero attached hydrogens (tertiary/aromatic N) is 1. The number of hydrogen-bond donors (Lipinski definition) is 1. The van der Waals surface area contributed by atoms with Gasteiger partial charge in [0.2, 0.25) is 0 Å². The van der Waals surface area contributed by atoms with Crippen LogP contribution in [0.3, 0.4) is 0 Å². The monoisotopic (exact) mass is 330 g/mol. The van der Waals surface area contributed by atoms with Gasteiger partial charge in [-0.3, -0.25) is 4.79 Å².